The molecule has 0 aliphatic carbocycles. The van der Waals surface area contributed by atoms with Crippen LogP contribution in [0.5, 0.6) is 0 Å². The summed E-state index contributed by atoms with van der Waals surface area (Å²) in [5.41, 5.74) is 5.33. The maximum atomic E-state index is 4.69. The second kappa shape index (κ2) is 6.17. The third kappa shape index (κ3) is 3.18. The van der Waals surface area contributed by atoms with Crippen molar-refractivity contribution in [1.82, 2.24) is 4.98 Å². The molecule has 2 heterocycles. The van der Waals surface area contributed by atoms with Crippen LogP contribution in [0.4, 0.5) is 11.5 Å². The molecule has 0 bridgehead atoms. The van der Waals surface area contributed by atoms with Gasteiger partial charge < -0.3 is 10.2 Å². The van der Waals surface area contributed by atoms with Gasteiger partial charge in [-0.3, -0.25) is 0 Å². The molecule has 1 aliphatic heterocycles. The predicted octanol–water partition coefficient (Wildman–Crippen LogP) is 3.77. The van der Waals surface area contributed by atoms with Crippen molar-refractivity contribution in [2.45, 2.75) is 33.2 Å². The van der Waals surface area contributed by atoms with E-state index in [0.29, 0.717) is 0 Å². The van der Waals surface area contributed by atoms with Gasteiger partial charge in [-0.2, -0.15) is 0 Å². The van der Waals surface area contributed by atoms with Crippen molar-refractivity contribution in [3.63, 3.8) is 0 Å². The summed E-state index contributed by atoms with van der Waals surface area (Å²) in [5, 5.41) is 3.28. The van der Waals surface area contributed by atoms with E-state index in [-0.39, 0.29) is 0 Å². The fraction of sp³-hybridized carbons (Fsp3) is 0.389. The van der Waals surface area contributed by atoms with E-state index >= 15 is 0 Å². The molecule has 0 spiro atoms. The highest BCUT2D eigenvalue weighted by Crippen LogP contribution is 2.29. The number of hydrogen-bond acceptors (Lipinski definition) is 3. The number of benzene rings is 1. The lowest BCUT2D eigenvalue weighted by Crippen LogP contribution is -2.29. The van der Waals surface area contributed by atoms with Crippen LogP contribution in [0.2, 0.25) is 0 Å². The molecule has 21 heavy (non-hydrogen) atoms. The highest BCUT2D eigenvalue weighted by atomic mass is 15.1. The second-order valence-corrected chi connectivity index (χ2v) is 5.70. The van der Waals surface area contributed by atoms with Crippen LogP contribution in [-0.4, -0.2) is 18.1 Å². The molecule has 0 amide bonds. The normalized spacial score (nSPS) is 13.9. The van der Waals surface area contributed by atoms with E-state index in [1.54, 1.807) is 0 Å². The van der Waals surface area contributed by atoms with Gasteiger partial charge in [0.2, 0.25) is 0 Å². The minimum Gasteiger partial charge on any atom is -0.370 e. The van der Waals surface area contributed by atoms with Crippen molar-refractivity contribution >= 4 is 11.5 Å². The zero-order chi connectivity index (χ0) is 14.7. The van der Waals surface area contributed by atoms with Crippen molar-refractivity contribution in [3.8, 4) is 0 Å². The standard InChI is InChI=1S/C18H23N3/c1-3-19-18-8-4-7-16(20-18)13-21-11-5-6-15-12-14(2)9-10-17(15)21/h4,7-10,12H,3,5-6,11,13H2,1-2H3,(H,19,20). The summed E-state index contributed by atoms with van der Waals surface area (Å²) in [5.74, 6) is 0.969. The molecule has 0 saturated heterocycles. The Hall–Kier alpha value is -2.03. The van der Waals surface area contributed by atoms with Gasteiger partial charge in [-0.05, 0) is 50.5 Å². The van der Waals surface area contributed by atoms with Crippen LogP contribution in [0.15, 0.2) is 36.4 Å². The maximum absolute atomic E-state index is 4.69. The van der Waals surface area contributed by atoms with Gasteiger partial charge in [0, 0.05) is 18.8 Å². The number of nitrogens with one attached hydrogen (secondary N) is 1. The molecule has 0 unspecified atom stereocenters. The van der Waals surface area contributed by atoms with Gasteiger partial charge in [0.05, 0.1) is 12.2 Å². The van der Waals surface area contributed by atoms with Crippen LogP contribution >= 0.6 is 0 Å². The fourth-order valence-corrected chi connectivity index (χ4v) is 3.01. The van der Waals surface area contributed by atoms with Crippen molar-refractivity contribution in [1.29, 1.82) is 0 Å². The number of aromatic nitrogens is 1. The molecule has 0 saturated carbocycles. The van der Waals surface area contributed by atoms with Crippen LogP contribution < -0.4 is 10.2 Å². The Balaban J connectivity index is 1.81. The molecule has 1 aromatic heterocycles. The topological polar surface area (TPSA) is 28.2 Å². The first kappa shape index (κ1) is 13.9. The van der Waals surface area contributed by atoms with Crippen molar-refractivity contribution in [2.24, 2.45) is 0 Å². The van der Waals surface area contributed by atoms with Gasteiger partial charge in [0.1, 0.15) is 5.82 Å². The number of fused-ring (bicyclic) bond motifs is 1. The zero-order valence-electron chi connectivity index (χ0n) is 12.9. The second-order valence-electron chi connectivity index (χ2n) is 5.70. The minimum atomic E-state index is 0.884. The Morgan fingerprint density at radius 1 is 1.24 bits per heavy atom. The van der Waals surface area contributed by atoms with Gasteiger partial charge in [0.25, 0.3) is 0 Å². The molecule has 0 fully saturated rings. The van der Waals surface area contributed by atoms with Gasteiger partial charge in [-0.1, -0.05) is 23.8 Å². The number of nitrogens with zero attached hydrogens (tertiary/aromatic N) is 2. The molecule has 3 rings (SSSR count). The lowest BCUT2D eigenvalue weighted by atomic mass is 9.99. The van der Waals surface area contributed by atoms with E-state index < -0.39 is 0 Å². The summed E-state index contributed by atoms with van der Waals surface area (Å²) < 4.78 is 0. The number of pyridine rings is 1. The summed E-state index contributed by atoms with van der Waals surface area (Å²) in [6.45, 7) is 7.17. The number of rotatable bonds is 4. The Morgan fingerprint density at radius 3 is 3.00 bits per heavy atom. The van der Waals surface area contributed by atoms with E-state index in [2.05, 4.69) is 54.4 Å². The van der Waals surface area contributed by atoms with Crippen LogP contribution in [0, 0.1) is 6.92 Å². The quantitative estimate of drug-likeness (QED) is 0.924. The smallest absolute Gasteiger partial charge is 0.126 e. The average Bonchev–Trinajstić information content (AvgIpc) is 2.48. The third-order valence-electron chi connectivity index (χ3n) is 3.97. The Bertz CT molecular complexity index is 622. The summed E-state index contributed by atoms with van der Waals surface area (Å²) in [7, 11) is 0. The third-order valence-corrected chi connectivity index (χ3v) is 3.97. The van der Waals surface area contributed by atoms with Crippen LogP contribution in [-0.2, 0) is 13.0 Å². The Kier molecular flexibility index (Phi) is 4.09. The zero-order valence-corrected chi connectivity index (χ0v) is 12.9. The number of aryl methyl sites for hydroxylation is 2. The van der Waals surface area contributed by atoms with Gasteiger partial charge in [-0.25, -0.2) is 4.98 Å². The van der Waals surface area contributed by atoms with E-state index in [1.165, 1.54) is 29.7 Å². The molecule has 2 aromatic rings. The van der Waals surface area contributed by atoms with E-state index in [4.69, 9.17) is 4.98 Å². The summed E-state index contributed by atoms with van der Waals surface area (Å²) in [4.78, 5) is 7.15. The van der Waals surface area contributed by atoms with Crippen molar-refractivity contribution < 1.29 is 0 Å². The molecule has 1 aliphatic rings. The number of hydrogen-bond donors (Lipinski definition) is 1. The SMILES string of the molecule is CCNc1cccc(CN2CCCc3cc(C)ccc32)n1. The fourth-order valence-electron chi connectivity index (χ4n) is 3.01. The van der Waals surface area contributed by atoms with Crippen LogP contribution in [0.1, 0.15) is 30.2 Å². The summed E-state index contributed by atoms with van der Waals surface area (Å²) in [6.07, 6.45) is 2.42. The molecular formula is C18H23N3. The highest BCUT2D eigenvalue weighted by Gasteiger charge is 2.17. The average molecular weight is 281 g/mol. The molecular weight excluding hydrogens is 258 g/mol. The molecule has 1 N–H and O–H groups in total. The van der Waals surface area contributed by atoms with E-state index in [1.807, 2.05) is 6.07 Å². The first-order valence-corrected chi connectivity index (χ1v) is 7.80. The Labute approximate surface area is 127 Å². The molecule has 110 valence electrons. The summed E-state index contributed by atoms with van der Waals surface area (Å²) >= 11 is 0. The van der Waals surface area contributed by atoms with Gasteiger partial charge in [-0.15, -0.1) is 0 Å². The number of anilines is 2. The lowest BCUT2D eigenvalue weighted by Gasteiger charge is -2.31. The molecule has 0 atom stereocenters. The van der Waals surface area contributed by atoms with Gasteiger partial charge >= 0.3 is 0 Å². The first-order chi connectivity index (χ1) is 10.3. The van der Waals surface area contributed by atoms with Crippen LogP contribution in [0.25, 0.3) is 0 Å². The van der Waals surface area contributed by atoms with Crippen molar-refractivity contribution in [2.75, 3.05) is 23.3 Å². The molecule has 3 nitrogen and oxygen atoms in total. The van der Waals surface area contributed by atoms with Crippen molar-refractivity contribution in [3.05, 3.63) is 53.2 Å². The first-order valence-electron chi connectivity index (χ1n) is 7.80. The minimum absolute atomic E-state index is 0.884. The predicted molar refractivity (Wildman–Crippen MR) is 89.0 cm³/mol. The monoisotopic (exact) mass is 281 g/mol. The summed E-state index contributed by atoms with van der Waals surface area (Å²) in [6, 6.07) is 13.0. The lowest BCUT2D eigenvalue weighted by molar-refractivity contribution is 0.683. The van der Waals surface area contributed by atoms with Crippen LogP contribution in [0.3, 0.4) is 0 Å². The highest BCUT2D eigenvalue weighted by molar-refractivity contribution is 5.57. The molecule has 1 aromatic carbocycles. The largest absolute Gasteiger partial charge is 0.370 e. The molecule has 0 radical (unpaired) electrons. The van der Waals surface area contributed by atoms with E-state index in [9.17, 15) is 0 Å². The maximum Gasteiger partial charge on any atom is 0.126 e. The van der Waals surface area contributed by atoms with Gasteiger partial charge in [0.15, 0.2) is 0 Å². The van der Waals surface area contributed by atoms with E-state index in [0.717, 1.165) is 31.1 Å². The Morgan fingerprint density at radius 2 is 2.14 bits per heavy atom. The molecule has 3 heteroatoms.